The first kappa shape index (κ1) is 19.4. The van der Waals surface area contributed by atoms with Crippen LogP contribution >= 0.6 is 0 Å². The Morgan fingerprint density at radius 3 is 2.43 bits per heavy atom. The second-order valence-electron chi connectivity index (χ2n) is 6.12. The maximum absolute atomic E-state index is 11.9. The third-order valence-electron chi connectivity index (χ3n) is 3.76. The molecular weight excluding hydrogens is 309 g/mol. The van der Waals surface area contributed by atoms with Crippen molar-refractivity contribution < 1.29 is 19.5 Å². The second kappa shape index (κ2) is 10.2. The van der Waals surface area contributed by atoms with Crippen LogP contribution < -0.4 is 10.6 Å². The molecule has 23 heavy (non-hydrogen) atoms. The van der Waals surface area contributed by atoms with Gasteiger partial charge >= 0.3 is 5.97 Å². The fraction of sp³-hybridized carbons (Fsp3) is 0.800. The molecule has 0 radical (unpaired) electrons. The Labute approximate surface area is 137 Å². The Morgan fingerprint density at radius 1 is 1.13 bits per heavy atom. The third kappa shape index (κ3) is 8.51. The van der Waals surface area contributed by atoms with Crippen LogP contribution in [0.4, 0.5) is 0 Å². The van der Waals surface area contributed by atoms with E-state index in [1.807, 2.05) is 14.1 Å². The van der Waals surface area contributed by atoms with E-state index in [-0.39, 0.29) is 37.7 Å². The number of amides is 2. The molecule has 0 aromatic carbocycles. The number of carboxylic acids is 1. The minimum absolute atomic E-state index is 0.0750. The van der Waals surface area contributed by atoms with E-state index in [0.717, 1.165) is 25.9 Å². The standard InChI is InChI=1S/C15H28N4O4/c1-18(2)10-12-4-3-9-19(12)11-14(21)17-7-5-13(20)16-8-6-15(22)23/h12H,3-11H2,1-2H3,(H,16,20)(H,17,21)(H,22,23)/i5+1,6+1,7+1,8+1,13+1,14+1,15+1,16+1,17+1. The molecule has 1 rings (SSSR count). The zero-order chi connectivity index (χ0) is 17.2. The van der Waals surface area contributed by atoms with Gasteiger partial charge in [0.2, 0.25) is 11.8 Å². The summed E-state index contributed by atoms with van der Waals surface area (Å²) >= 11 is 0. The third-order valence-corrected chi connectivity index (χ3v) is 3.76. The number of carbonyl (C=O) groups excluding carboxylic acids is 2. The van der Waals surface area contributed by atoms with Gasteiger partial charge < -0.3 is 20.6 Å². The summed E-state index contributed by atoms with van der Waals surface area (Å²) in [6.07, 6.45) is 2.28. The van der Waals surface area contributed by atoms with Crippen molar-refractivity contribution in [1.29, 1.82) is 0 Å². The molecule has 0 saturated carbocycles. The molecule has 0 aromatic heterocycles. The molecule has 1 heterocycles. The number of hydrogen-bond donors (Lipinski definition) is 3. The van der Waals surface area contributed by atoms with E-state index in [9.17, 15) is 14.4 Å². The number of aliphatic carboxylic acids is 1. The number of likely N-dealkylation sites (N-methyl/N-ethyl adjacent to an activating group) is 1. The van der Waals surface area contributed by atoms with E-state index in [1.165, 1.54) is 0 Å². The van der Waals surface area contributed by atoms with Crippen molar-refractivity contribution in [2.24, 2.45) is 0 Å². The lowest BCUT2D eigenvalue weighted by atomic mass is 10.2. The number of carboxylic acid groups (broad SMARTS) is 1. The highest BCUT2D eigenvalue weighted by Crippen LogP contribution is 2.16. The molecule has 0 bridgehead atoms. The van der Waals surface area contributed by atoms with Crippen molar-refractivity contribution in [2.45, 2.75) is 31.7 Å². The fourth-order valence-corrected chi connectivity index (χ4v) is 2.68. The van der Waals surface area contributed by atoms with Crippen molar-refractivity contribution in [2.75, 3.05) is 46.8 Å². The van der Waals surface area contributed by atoms with Gasteiger partial charge in [0.15, 0.2) is 0 Å². The molecular formula is C15H28N4O4. The van der Waals surface area contributed by atoms with Crippen LogP contribution in [0.3, 0.4) is 0 Å². The predicted octanol–water partition coefficient (Wildman–Crippen LogP) is -0.890. The summed E-state index contributed by atoms with van der Waals surface area (Å²) in [6.45, 7) is 2.62. The summed E-state index contributed by atoms with van der Waals surface area (Å²) in [5.74, 6) is -1.27. The fourth-order valence-electron chi connectivity index (χ4n) is 2.68. The largest absolute Gasteiger partial charge is 0.481 e. The van der Waals surface area contributed by atoms with Gasteiger partial charge in [0.25, 0.3) is 0 Å². The smallest absolute Gasteiger partial charge is 0.305 e. The van der Waals surface area contributed by atoms with Crippen molar-refractivity contribution >= 4 is 17.8 Å². The topological polar surface area (TPSA) is 102 Å². The van der Waals surface area contributed by atoms with E-state index in [4.69, 9.17) is 5.11 Å². The summed E-state index contributed by atoms with van der Waals surface area (Å²) in [7, 11) is 4.05. The van der Waals surface area contributed by atoms with Crippen LogP contribution in [0.2, 0.25) is 0 Å². The van der Waals surface area contributed by atoms with Gasteiger partial charge in [-0.1, -0.05) is 0 Å². The van der Waals surface area contributed by atoms with Gasteiger partial charge in [-0.25, -0.2) is 0 Å². The van der Waals surface area contributed by atoms with Gasteiger partial charge in [-0.05, 0) is 33.5 Å². The Hall–Kier alpha value is -1.67. The Balaban J connectivity index is 2.16. The molecule has 0 aliphatic carbocycles. The SMILES string of the molecule is CN(C)CC1CCCN1C[13C](=O)[15NH][13CH2][13CH2][13C](=O)[15NH][13CH2][13CH2][13C](=O)O. The first-order valence-electron chi connectivity index (χ1n) is 8.02. The van der Waals surface area contributed by atoms with Crippen LogP contribution in [-0.2, 0) is 14.4 Å². The summed E-state index contributed by atoms with van der Waals surface area (Å²) in [5.41, 5.74) is 0. The first-order chi connectivity index (χ1) is 10.9. The molecule has 1 saturated heterocycles. The van der Waals surface area contributed by atoms with E-state index >= 15 is 0 Å². The summed E-state index contributed by atoms with van der Waals surface area (Å²) in [5, 5.41) is 13.7. The van der Waals surface area contributed by atoms with Crippen LogP contribution in [-0.4, -0.2) is 85.6 Å². The van der Waals surface area contributed by atoms with E-state index in [1.54, 1.807) is 0 Å². The lowest BCUT2D eigenvalue weighted by Crippen LogP contribution is -2.44. The molecule has 132 valence electrons. The number of nitrogens with one attached hydrogen (secondary N) is 2. The average Bonchev–Trinajstić information content (AvgIpc) is 2.84. The van der Waals surface area contributed by atoms with E-state index in [0.29, 0.717) is 12.6 Å². The quantitative estimate of drug-likeness (QED) is 0.353. The highest BCUT2D eigenvalue weighted by atomic mass is 16.5. The molecule has 0 spiro atoms. The normalized spacial score (nSPS) is 18.1. The van der Waals surface area contributed by atoms with Crippen LogP contribution in [0.1, 0.15) is 25.7 Å². The second-order valence-corrected chi connectivity index (χ2v) is 6.12. The maximum atomic E-state index is 11.9. The Morgan fingerprint density at radius 2 is 1.78 bits per heavy atom. The highest BCUT2D eigenvalue weighted by molar-refractivity contribution is 5.80. The van der Waals surface area contributed by atoms with Gasteiger partial charge in [-0.15, -0.1) is 0 Å². The van der Waals surface area contributed by atoms with E-state index in [2.05, 4.69) is 20.4 Å². The molecule has 0 aromatic rings. The molecule has 8 nitrogen and oxygen atoms in total. The number of carbonyl (C=O) groups is 3. The molecule has 3 N–H and O–H groups in total. The molecule has 1 aliphatic rings. The Kier molecular flexibility index (Phi) is 8.57. The Bertz CT molecular complexity index is 414. The lowest BCUT2D eigenvalue weighted by Gasteiger charge is -2.26. The van der Waals surface area contributed by atoms with Crippen molar-refractivity contribution in [3.05, 3.63) is 0 Å². The van der Waals surface area contributed by atoms with Crippen LogP contribution in [0.25, 0.3) is 0 Å². The maximum Gasteiger partial charge on any atom is 0.305 e. The molecule has 1 fully saturated rings. The molecule has 8 heteroatoms. The summed E-state index contributed by atoms with van der Waals surface area (Å²) in [4.78, 5) is 38.0. The number of rotatable bonds is 10. The number of nitrogens with zero attached hydrogens (tertiary/aromatic N) is 2. The molecule has 1 atom stereocenters. The van der Waals surface area contributed by atoms with Gasteiger partial charge in [0, 0.05) is 32.1 Å². The summed E-state index contributed by atoms with van der Waals surface area (Å²) < 4.78 is 0. The minimum atomic E-state index is -0.948. The zero-order valence-corrected chi connectivity index (χ0v) is 14.0. The average molecular weight is 337 g/mol. The van der Waals surface area contributed by atoms with Crippen molar-refractivity contribution in [3.8, 4) is 0 Å². The highest BCUT2D eigenvalue weighted by Gasteiger charge is 2.26. The van der Waals surface area contributed by atoms with Crippen molar-refractivity contribution in [3.63, 3.8) is 0 Å². The molecule has 2 amide bonds. The van der Waals surface area contributed by atoms with Gasteiger partial charge in [-0.3, -0.25) is 19.3 Å². The van der Waals surface area contributed by atoms with Crippen LogP contribution in [0, 0.1) is 0 Å². The van der Waals surface area contributed by atoms with Gasteiger partial charge in [0.05, 0.1) is 13.0 Å². The van der Waals surface area contributed by atoms with Gasteiger partial charge in [-0.2, -0.15) is 0 Å². The number of likely N-dealkylation sites (tertiary alicyclic amines) is 1. The predicted molar refractivity (Wildman–Crippen MR) is 86.0 cm³/mol. The van der Waals surface area contributed by atoms with Gasteiger partial charge in [0.1, 0.15) is 0 Å². The lowest BCUT2D eigenvalue weighted by molar-refractivity contribution is -0.137. The molecule has 1 unspecified atom stereocenters. The minimum Gasteiger partial charge on any atom is -0.481 e. The van der Waals surface area contributed by atoms with E-state index < -0.39 is 5.97 Å². The van der Waals surface area contributed by atoms with Crippen molar-refractivity contribution in [1.82, 2.24) is 20.4 Å². The molecule has 1 aliphatic heterocycles. The number of hydrogen-bond acceptors (Lipinski definition) is 5. The van der Waals surface area contributed by atoms with Crippen LogP contribution in [0.5, 0.6) is 0 Å². The first-order valence-corrected chi connectivity index (χ1v) is 8.02. The monoisotopic (exact) mass is 337 g/mol. The van der Waals surface area contributed by atoms with Crippen LogP contribution in [0.15, 0.2) is 0 Å². The zero-order valence-electron chi connectivity index (χ0n) is 14.0. The summed E-state index contributed by atoms with van der Waals surface area (Å²) in [6, 6.07) is 0.412.